The van der Waals surface area contributed by atoms with Gasteiger partial charge in [0.05, 0.1) is 16.3 Å². The highest BCUT2D eigenvalue weighted by molar-refractivity contribution is 7.92. The summed E-state index contributed by atoms with van der Waals surface area (Å²) in [5, 5.41) is -0.571. The average molecular weight is 390 g/mol. The standard InChI is InChI=1S/C13H6ClF6NO2S/c14-7-2-1-6(13(18,19)20)5-10(7)24(22,23)21-9-4-3-8(15)11(16)12(9)17/h1-5,21H. The van der Waals surface area contributed by atoms with Crippen molar-refractivity contribution in [3.63, 3.8) is 0 Å². The Hall–Kier alpha value is -1.94. The molecule has 0 aromatic heterocycles. The maximum atomic E-state index is 13.5. The van der Waals surface area contributed by atoms with Crippen LogP contribution < -0.4 is 4.72 Å². The molecular formula is C13H6ClF6NO2S. The molecule has 130 valence electrons. The van der Waals surface area contributed by atoms with Gasteiger partial charge < -0.3 is 0 Å². The van der Waals surface area contributed by atoms with Crippen molar-refractivity contribution in [3.05, 3.63) is 58.4 Å². The summed E-state index contributed by atoms with van der Waals surface area (Å²) in [6.45, 7) is 0. The lowest BCUT2D eigenvalue weighted by Gasteiger charge is -2.13. The number of hydrogen-bond donors (Lipinski definition) is 1. The van der Waals surface area contributed by atoms with Gasteiger partial charge in [-0.15, -0.1) is 0 Å². The molecule has 0 saturated carbocycles. The molecule has 0 atom stereocenters. The Kier molecular flexibility index (Phi) is 4.73. The van der Waals surface area contributed by atoms with Crippen molar-refractivity contribution < 1.29 is 34.8 Å². The van der Waals surface area contributed by atoms with Crippen LogP contribution >= 0.6 is 11.6 Å². The van der Waals surface area contributed by atoms with E-state index in [1.165, 1.54) is 4.72 Å². The third-order valence-corrected chi connectivity index (χ3v) is 4.67. The van der Waals surface area contributed by atoms with Crippen molar-refractivity contribution in [2.45, 2.75) is 11.1 Å². The highest BCUT2D eigenvalue weighted by Gasteiger charge is 2.33. The molecule has 0 amide bonds. The van der Waals surface area contributed by atoms with E-state index in [1.807, 2.05) is 0 Å². The lowest BCUT2D eigenvalue weighted by atomic mass is 10.2. The van der Waals surface area contributed by atoms with Crippen LogP contribution in [0.25, 0.3) is 0 Å². The van der Waals surface area contributed by atoms with E-state index in [4.69, 9.17) is 11.6 Å². The van der Waals surface area contributed by atoms with Crippen molar-refractivity contribution in [1.29, 1.82) is 0 Å². The zero-order valence-corrected chi connectivity index (χ0v) is 12.8. The third-order valence-electron chi connectivity index (χ3n) is 2.83. The van der Waals surface area contributed by atoms with Gasteiger partial charge in [0.25, 0.3) is 10.0 Å². The molecule has 0 fully saturated rings. The van der Waals surface area contributed by atoms with Crippen LogP contribution in [0.5, 0.6) is 0 Å². The second kappa shape index (κ2) is 6.17. The molecule has 0 heterocycles. The number of anilines is 1. The SMILES string of the molecule is O=S(=O)(Nc1ccc(F)c(F)c1F)c1cc(C(F)(F)F)ccc1Cl. The van der Waals surface area contributed by atoms with Crippen LogP contribution in [0.1, 0.15) is 5.56 Å². The Morgan fingerprint density at radius 3 is 2.17 bits per heavy atom. The Morgan fingerprint density at radius 2 is 1.58 bits per heavy atom. The summed E-state index contributed by atoms with van der Waals surface area (Å²) in [6.07, 6.45) is -4.85. The predicted molar refractivity (Wildman–Crippen MR) is 73.6 cm³/mol. The number of benzene rings is 2. The number of sulfonamides is 1. The summed E-state index contributed by atoms with van der Waals surface area (Å²) in [7, 11) is -4.79. The maximum absolute atomic E-state index is 13.5. The summed E-state index contributed by atoms with van der Waals surface area (Å²) in [5.41, 5.74) is -2.29. The summed E-state index contributed by atoms with van der Waals surface area (Å²) in [4.78, 5) is -0.997. The predicted octanol–water partition coefficient (Wildman–Crippen LogP) is 4.58. The first-order chi connectivity index (χ1) is 10.9. The molecule has 0 bridgehead atoms. The molecule has 24 heavy (non-hydrogen) atoms. The molecule has 2 aromatic carbocycles. The largest absolute Gasteiger partial charge is 0.416 e. The van der Waals surface area contributed by atoms with Gasteiger partial charge in [0.1, 0.15) is 4.90 Å². The zero-order chi connectivity index (χ0) is 18.3. The molecule has 1 N–H and O–H groups in total. The molecule has 0 aliphatic carbocycles. The van der Waals surface area contributed by atoms with Crippen molar-refractivity contribution >= 4 is 27.3 Å². The van der Waals surface area contributed by atoms with E-state index in [0.717, 1.165) is 0 Å². The summed E-state index contributed by atoms with van der Waals surface area (Å²) < 4.78 is 103. The van der Waals surface area contributed by atoms with Crippen molar-refractivity contribution in [2.24, 2.45) is 0 Å². The number of alkyl halides is 3. The normalized spacial score (nSPS) is 12.3. The number of rotatable bonds is 3. The number of halogens is 7. The van der Waals surface area contributed by atoms with Gasteiger partial charge in [-0.1, -0.05) is 11.6 Å². The molecule has 2 aromatic rings. The molecule has 0 saturated heterocycles. The lowest BCUT2D eigenvalue weighted by molar-refractivity contribution is -0.137. The van der Waals surface area contributed by atoms with E-state index in [-0.39, 0.29) is 6.07 Å². The van der Waals surface area contributed by atoms with Crippen LogP contribution in [-0.2, 0) is 16.2 Å². The van der Waals surface area contributed by atoms with E-state index < -0.39 is 54.8 Å². The first-order valence-corrected chi connectivity index (χ1v) is 7.82. The van der Waals surface area contributed by atoms with E-state index in [9.17, 15) is 34.8 Å². The highest BCUT2D eigenvalue weighted by atomic mass is 35.5. The second-order valence-electron chi connectivity index (χ2n) is 4.47. The van der Waals surface area contributed by atoms with Crippen LogP contribution in [0.2, 0.25) is 5.02 Å². The van der Waals surface area contributed by atoms with Crippen LogP contribution in [0, 0.1) is 17.5 Å². The van der Waals surface area contributed by atoms with Crippen molar-refractivity contribution in [3.8, 4) is 0 Å². The fourth-order valence-electron chi connectivity index (χ4n) is 1.69. The van der Waals surface area contributed by atoms with E-state index in [1.54, 1.807) is 0 Å². The van der Waals surface area contributed by atoms with E-state index >= 15 is 0 Å². The van der Waals surface area contributed by atoms with Gasteiger partial charge in [0.15, 0.2) is 17.5 Å². The summed E-state index contributed by atoms with van der Waals surface area (Å²) in [5.74, 6) is -5.35. The molecule has 0 unspecified atom stereocenters. The van der Waals surface area contributed by atoms with Gasteiger partial charge in [0, 0.05) is 0 Å². The lowest BCUT2D eigenvalue weighted by Crippen LogP contribution is -2.16. The fourth-order valence-corrected chi connectivity index (χ4v) is 3.28. The van der Waals surface area contributed by atoms with Gasteiger partial charge in [-0.05, 0) is 30.3 Å². The van der Waals surface area contributed by atoms with Crippen LogP contribution in [-0.4, -0.2) is 8.42 Å². The molecular weight excluding hydrogens is 384 g/mol. The topological polar surface area (TPSA) is 46.2 Å². The van der Waals surface area contributed by atoms with Gasteiger partial charge >= 0.3 is 6.18 Å². The molecule has 3 nitrogen and oxygen atoms in total. The van der Waals surface area contributed by atoms with Crippen LogP contribution in [0.3, 0.4) is 0 Å². The van der Waals surface area contributed by atoms with Gasteiger partial charge in [0.2, 0.25) is 0 Å². The number of nitrogens with one attached hydrogen (secondary N) is 1. The molecule has 0 aliphatic heterocycles. The fraction of sp³-hybridized carbons (Fsp3) is 0.0769. The Balaban J connectivity index is 2.51. The Morgan fingerprint density at radius 1 is 0.958 bits per heavy atom. The van der Waals surface area contributed by atoms with E-state index in [2.05, 4.69) is 0 Å². The van der Waals surface area contributed by atoms with Gasteiger partial charge in [-0.25, -0.2) is 21.6 Å². The summed E-state index contributed by atoms with van der Waals surface area (Å²) >= 11 is 5.58. The molecule has 0 spiro atoms. The molecule has 2 rings (SSSR count). The highest BCUT2D eigenvalue weighted by Crippen LogP contribution is 2.34. The first kappa shape index (κ1) is 18.4. The Bertz CT molecular complexity index is 898. The van der Waals surface area contributed by atoms with Crippen LogP contribution in [0.4, 0.5) is 32.0 Å². The van der Waals surface area contributed by atoms with E-state index in [0.29, 0.717) is 24.3 Å². The maximum Gasteiger partial charge on any atom is 0.416 e. The molecule has 11 heteroatoms. The quantitative estimate of drug-likeness (QED) is 0.617. The minimum absolute atomic E-state index is 0.239. The second-order valence-corrected chi connectivity index (χ2v) is 6.53. The third kappa shape index (κ3) is 3.59. The summed E-state index contributed by atoms with van der Waals surface area (Å²) in [6, 6.07) is 2.51. The van der Waals surface area contributed by atoms with Crippen molar-refractivity contribution in [1.82, 2.24) is 0 Å². The monoisotopic (exact) mass is 389 g/mol. The minimum Gasteiger partial charge on any atom is -0.276 e. The molecule has 0 radical (unpaired) electrons. The smallest absolute Gasteiger partial charge is 0.276 e. The average Bonchev–Trinajstić information content (AvgIpc) is 2.47. The van der Waals surface area contributed by atoms with Crippen LogP contribution in [0.15, 0.2) is 35.2 Å². The minimum atomic E-state index is -4.85. The number of hydrogen-bond acceptors (Lipinski definition) is 2. The zero-order valence-electron chi connectivity index (χ0n) is 11.3. The van der Waals surface area contributed by atoms with Gasteiger partial charge in [-0.2, -0.15) is 13.2 Å². The van der Waals surface area contributed by atoms with Gasteiger partial charge in [-0.3, -0.25) is 4.72 Å². The Labute approximate surface area is 136 Å². The molecule has 0 aliphatic rings. The van der Waals surface area contributed by atoms with Crippen molar-refractivity contribution in [2.75, 3.05) is 4.72 Å². The first-order valence-electron chi connectivity index (χ1n) is 5.96.